The predicted molar refractivity (Wildman–Crippen MR) is 71.3 cm³/mol. The number of nitrogens with zero attached hydrogens (tertiary/aromatic N) is 1. The third kappa shape index (κ3) is 3.07. The lowest BCUT2D eigenvalue weighted by molar-refractivity contribution is 0.100. The summed E-state index contributed by atoms with van der Waals surface area (Å²) >= 11 is 0. The van der Waals surface area contributed by atoms with E-state index in [-0.39, 0.29) is 0 Å². The van der Waals surface area contributed by atoms with E-state index in [1.54, 1.807) is 18.3 Å². The van der Waals surface area contributed by atoms with Crippen LogP contribution in [0.4, 0.5) is 5.69 Å². The number of benzene rings is 1. The lowest BCUT2D eigenvalue weighted by Crippen LogP contribution is -2.10. The average Bonchev–Trinajstić information content (AvgIpc) is 2.37. The highest BCUT2D eigenvalue weighted by atomic mass is 16.1. The topological polar surface area (TPSA) is 68.0 Å². The van der Waals surface area contributed by atoms with Gasteiger partial charge in [0.1, 0.15) is 0 Å². The van der Waals surface area contributed by atoms with E-state index in [9.17, 15) is 4.79 Å². The van der Waals surface area contributed by atoms with E-state index in [4.69, 9.17) is 5.73 Å². The molecule has 4 heteroatoms. The summed E-state index contributed by atoms with van der Waals surface area (Å²) in [6.45, 7) is 2.68. The van der Waals surface area contributed by atoms with E-state index in [0.29, 0.717) is 12.1 Å². The summed E-state index contributed by atoms with van der Waals surface area (Å²) in [4.78, 5) is 15.0. The van der Waals surface area contributed by atoms with Gasteiger partial charge in [0.05, 0.1) is 5.69 Å². The Hall–Kier alpha value is -2.36. The van der Waals surface area contributed by atoms with Crippen LogP contribution in [0.3, 0.4) is 0 Å². The van der Waals surface area contributed by atoms with Gasteiger partial charge in [-0.1, -0.05) is 12.1 Å². The van der Waals surface area contributed by atoms with Crippen LogP contribution in [0.1, 0.15) is 21.5 Å². The molecule has 0 atom stereocenters. The second-order valence-electron chi connectivity index (χ2n) is 4.17. The van der Waals surface area contributed by atoms with Crippen molar-refractivity contribution in [1.82, 2.24) is 4.98 Å². The second-order valence-corrected chi connectivity index (χ2v) is 4.17. The van der Waals surface area contributed by atoms with Gasteiger partial charge in [0.15, 0.2) is 0 Å². The van der Waals surface area contributed by atoms with Crippen LogP contribution < -0.4 is 11.1 Å². The van der Waals surface area contributed by atoms with Gasteiger partial charge >= 0.3 is 0 Å². The molecule has 0 saturated carbocycles. The smallest absolute Gasteiger partial charge is 0.248 e. The Kier molecular flexibility index (Phi) is 3.57. The van der Waals surface area contributed by atoms with Crippen LogP contribution in [0.5, 0.6) is 0 Å². The van der Waals surface area contributed by atoms with E-state index >= 15 is 0 Å². The Morgan fingerprint density at radius 1 is 1.28 bits per heavy atom. The highest BCUT2D eigenvalue weighted by molar-refractivity contribution is 5.92. The number of rotatable bonds is 4. The molecule has 2 aromatic rings. The molecule has 1 heterocycles. The molecule has 0 fully saturated rings. The molecule has 0 aliphatic heterocycles. The van der Waals surface area contributed by atoms with Crippen LogP contribution in [0.25, 0.3) is 0 Å². The zero-order valence-electron chi connectivity index (χ0n) is 10.2. The summed E-state index contributed by atoms with van der Waals surface area (Å²) in [5.41, 5.74) is 8.89. The third-order valence-corrected chi connectivity index (χ3v) is 2.61. The number of pyridine rings is 1. The first kappa shape index (κ1) is 12.1. The Morgan fingerprint density at radius 3 is 2.61 bits per heavy atom. The summed E-state index contributed by atoms with van der Waals surface area (Å²) in [6, 6.07) is 9.26. The number of hydrogen-bond acceptors (Lipinski definition) is 3. The van der Waals surface area contributed by atoms with E-state index < -0.39 is 5.91 Å². The molecule has 18 heavy (non-hydrogen) atoms. The molecule has 3 N–H and O–H groups in total. The minimum absolute atomic E-state index is 0.405. The Bertz CT molecular complexity index is 549. The fourth-order valence-corrected chi connectivity index (χ4v) is 1.64. The molecule has 0 saturated heterocycles. The summed E-state index contributed by atoms with van der Waals surface area (Å²) in [7, 11) is 0. The average molecular weight is 241 g/mol. The largest absolute Gasteiger partial charge is 0.380 e. The number of anilines is 1. The van der Waals surface area contributed by atoms with Crippen molar-refractivity contribution in [2.75, 3.05) is 5.32 Å². The fourth-order valence-electron chi connectivity index (χ4n) is 1.64. The quantitative estimate of drug-likeness (QED) is 0.861. The van der Waals surface area contributed by atoms with Crippen molar-refractivity contribution >= 4 is 11.6 Å². The summed E-state index contributed by atoms with van der Waals surface area (Å²) in [6.07, 6.45) is 3.59. The molecular weight excluding hydrogens is 226 g/mol. The van der Waals surface area contributed by atoms with Gasteiger partial charge in [-0.25, -0.2) is 0 Å². The van der Waals surface area contributed by atoms with Crippen molar-refractivity contribution in [3.05, 3.63) is 59.4 Å². The summed E-state index contributed by atoms with van der Waals surface area (Å²) < 4.78 is 0. The number of hydrogen-bond donors (Lipinski definition) is 2. The molecule has 92 valence electrons. The van der Waals surface area contributed by atoms with Crippen LogP contribution in [-0.4, -0.2) is 10.9 Å². The van der Waals surface area contributed by atoms with Crippen LogP contribution in [0.15, 0.2) is 42.7 Å². The number of nitrogens with two attached hydrogens (primary N) is 1. The molecule has 1 aromatic carbocycles. The zero-order chi connectivity index (χ0) is 13.0. The van der Waals surface area contributed by atoms with Crippen molar-refractivity contribution in [3.63, 3.8) is 0 Å². The van der Waals surface area contributed by atoms with Gasteiger partial charge in [0.2, 0.25) is 5.91 Å². The third-order valence-electron chi connectivity index (χ3n) is 2.61. The number of aryl methyl sites for hydroxylation is 1. The van der Waals surface area contributed by atoms with Crippen molar-refractivity contribution < 1.29 is 4.79 Å². The Balaban J connectivity index is 2.00. The zero-order valence-corrected chi connectivity index (χ0v) is 10.2. The first-order valence-electron chi connectivity index (χ1n) is 5.69. The molecule has 0 unspecified atom stereocenters. The lowest BCUT2D eigenvalue weighted by Gasteiger charge is -2.07. The molecule has 0 aliphatic rings. The van der Waals surface area contributed by atoms with Crippen LogP contribution in [-0.2, 0) is 6.54 Å². The number of aromatic nitrogens is 1. The summed E-state index contributed by atoms with van der Waals surface area (Å²) in [5, 5.41) is 3.27. The first-order chi connectivity index (χ1) is 8.65. The molecule has 0 aliphatic carbocycles. The van der Waals surface area contributed by atoms with E-state index in [1.165, 1.54) is 0 Å². The monoisotopic (exact) mass is 241 g/mol. The van der Waals surface area contributed by atoms with Gasteiger partial charge in [-0.15, -0.1) is 0 Å². The van der Waals surface area contributed by atoms with Gasteiger partial charge in [-0.2, -0.15) is 0 Å². The van der Waals surface area contributed by atoms with Gasteiger partial charge < -0.3 is 11.1 Å². The number of carbonyl (C=O) groups excluding carboxylic acids is 1. The molecule has 1 aromatic heterocycles. The highest BCUT2D eigenvalue weighted by Crippen LogP contribution is 2.10. The van der Waals surface area contributed by atoms with E-state index in [0.717, 1.165) is 16.8 Å². The lowest BCUT2D eigenvalue weighted by atomic mass is 10.1. The van der Waals surface area contributed by atoms with Gasteiger partial charge in [0.25, 0.3) is 0 Å². The standard InChI is InChI=1S/C14H15N3O/c1-10-6-13(9-16-7-10)17-8-11-2-4-12(5-3-11)14(15)18/h2-7,9,17H,8H2,1H3,(H2,15,18). The van der Waals surface area contributed by atoms with Crippen molar-refractivity contribution in [2.45, 2.75) is 13.5 Å². The van der Waals surface area contributed by atoms with Gasteiger partial charge in [-0.3, -0.25) is 9.78 Å². The highest BCUT2D eigenvalue weighted by Gasteiger charge is 2.00. The SMILES string of the molecule is Cc1cncc(NCc2ccc(C(N)=O)cc2)c1. The molecule has 4 nitrogen and oxygen atoms in total. The Labute approximate surface area is 106 Å². The minimum Gasteiger partial charge on any atom is -0.380 e. The molecular formula is C14H15N3O. The second kappa shape index (κ2) is 5.31. The van der Waals surface area contributed by atoms with Crippen molar-refractivity contribution in [2.24, 2.45) is 5.73 Å². The van der Waals surface area contributed by atoms with Crippen LogP contribution in [0, 0.1) is 6.92 Å². The summed E-state index contributed by atoms with van der Waals surface area (Å²) in [5.74, 6) is -0.405. The number of primary amides is 1. The molecule has 0 radical (unpaired) electrons. The maximum atomic E-state index is 10.9. The molecule has 2 rings (SSSR count). The molecule has 1 amide bonds. The number of carbonyl (C=O) groups is 1. The maximum Gasteiger partial charge on any atom is 0.248 e. The van der Waals surface area contributed by atoms with E-state index in [1.807, 2.05) is 31.3 Å². The van der Waals surface area contributed by atoms with Crippen LogP contribution in [0.2, 0.25) is 0 Å². The van der Waals surface area contributed by atoms with E-state index in [2.05, 4.69) is 10.3 Å². The predicted octanol–water partition coefficient (Wildman–Crippen LogP) is 2.10. The molecule has 0 bridgehead atoms. The van der Waals surface area contributed by atoms with Crippen molar-refractivity contribution in [1.29, 1.82) is 0 Å². The van der Waals surface area contributed by atoms with Gasteiger partial charge in [0, 0.05) is 24.5 Å². The van der Waals surface area contributed by atoms with Crippen LogP contribution >= 0.6 is 0 Å². The van der Waals surface area contributed by atoms with Gasteiger partial charge in [-0.05, 0) is 36.2 Å². The minimum atomic E-state index is -0.405. The number of amides is 1. The fraction of sp³-hybridized carbons (Fsp3) is 0.143. The molecule has 0 spiro atoms. The first-order valence-corrected chi connectivity index (χ1v) is 5.69. The maximum absolute atomic E-state index is 10.9. The van der Waals surface area contributed by atoms with Crippen molar-refractivity contribution in [3.8, 4) is 0 Å². The number of nitrogens with one attached hydrogen (secondary N) is 1. The normalized spacial score (nSPS) is 10.1. The Morgan fingerprint density at radius 2 is 2.00 bits per heavy atom.